The van der Waals surface area contributed by atoms with Crippen LogP contribution in [-0.2, 0) is 6.42 Å². The zero-order chi connectivity index (χ0) is 15.4. The van der Waals surface area contributed by atoms with Gasteiger partial charge in [0.15, 0.2) is 5.82 Å². The molecule has 0 aromatic carbocycles. The monoisotopic (exact) mass is 306 g/mol. The van der Waals surface area contributed by atoms with E-state index in [1.54, 1.807) is 0 Å². The number of thioether (sulfide) groups is 1. The predicted octanol–water partition coefficient (Wildman–Crippen LogP) is 2.80. The van der Waals surface area contributed by atoms with Gasteiger partial charge in [0, 0.05) is 31.7 Å². The van der Waals surface area contributed by atoms with Gasteiger partial charge in [0.05, 0.1) is 5.69 Å². The van der Waals surface area contributed by atoms with Gasteiger partial charge in [-0.15, -0.1) is 0 Å². The van der Waals surface area contributed by atoms with Gasteiger partial charge in [-0.3, -0.25) is 0 Å². The second-order valence-electron chi connectivity index (χ2n) is 5.73. The number of aromatic nitrogens is 2. The van der Waals surface area contributed by atoms with Crippen LogP contribution < -0.4 is 10.6 Å². The Morgan fingerprint density at radius 2 is 2.14 bits per heavy atom. The Morgan fingerprint density at radius 3 is 2.81 bits per heavy atom. The number of hydrogen-bond acceptors (Lipinski definition) is 4. The minimum Gasteiger partial charge on any atom is -0.355 e. The summed E-state index contributed by atoms with van der Waals surface area (Å²) < 4.78 is 2.16. The molecule has 0 fully saturated rings. The third kappa shape index (κ3) is 3.71. The summed E-state index contributed by atoms with van der Waals surface area (Å²) in [4.78, 5) is 7.11. The van der Waals surface area contributed by atoms with Crippen LogP contribution in [0.5, 0.6) is 0 Å². The van der Waals surface area contributed by atoms with E-state index in [0.29, 0.717) is 6.04 Å². The quantitative estimate of drug-likeness (QED) is 0.854. The van der Waals surface area contributed by atoms with Crippen molar-refractivity contribution in [2.45, 2.75) is 38.8 Å². The van der Waals surface area contributed by atoms with Crippen LogP contribution in [0.4, 0.5) is 5.82 Å². The highest BCUT2D eigenvalue weighted by Gasteiger charge is 2.19. The van der Waals surface area contributed by atoms with E-state index in [2.05, 4.69) is 41.8 Å². The van der Waals surface area contributed by atoms with Gasteiger partial charge in [-0.25, -0.2) is 4.98 Å². The smallest absolute Gasteiger partial charge is 0.151 e. The van der Waals surface area contributed by atoms with Gasteiger partial charge < -0.3 is 15.0 Å². The summed E-state index contributed by atoms with van der Waals surface area (Å²) >= 11 is 1.89. The van der Waals surface area contributed by atoms with Crippen molar-refractivity contribution >= 4 is 23.2 Å². The van der Waals surface area contributed by atoms with Crippen LogP contribution in [0.3, 0.4) is 0 Å². The lowest BCUT2D eigenvalue weighted by Gasteiger charge is -2.26. The highest BCUT2D eigenvalue weighted by molar-refractivity contribution is 7.98. The maximum Gasteiger partial charge on any atom is 0.151 e. The molecule has 0 amide bonds. The maximum atomic E-state index is 6.04. The first-order valence-electron chi connectivity index (χ1n) is 7.48. The van der Waals surface area contributed by atoms with E-state index in [0.717, 1.165) is 24.3 Å². The fourth-order valence-corrected chi connectivity index (χ4v) is 3.08. The molecule has 0 aliphatic heterocycles. The molecule has 2 unspecified atom stereocenters. The van der Waals surface area contributed by atoms with Gasteiger partial charge in [-0.05, 0) is 44.4 Å². The molecule has 4 nitrogen and oxygen atoms in total. The first kappa shape index (κ1) is 16.2. The standard InChI is InChI=1S/C16H26N4S/c1-12(17)11-14-16(19(3)13(2)8-10-21-4)18-15-7-5-6-9-20(14)15/h5-7,9,12-13H,8,10-11,17H2,1-4H3. The molecule has 0 spiro atoms. The summed E-state index contributed by atoms with van der Waals surface area (Å²) in [5.74, 6) is 2.23. The Labute approximate surface area is 131 Å². The molecule has 0 saturated carbocycles. The van der Waals surface area contributed by atoms with Crippen LogP contribution in [0.1, 0.15) is 26.0 Å². The molecular weight excluding hydrogens is 280 g/mol. The van der Waals surface area contributed by atoms with Gasteiger partial charge in [0.25, 0.3) is 0 Å². The molecule has 2 aromatic rings. The van der Waals surface area contributed by atoms with E-state index < -0.39 is 0 Å². The van der Waals surface area contributed by atoms with Crippen LogP contribution in [0.25, 0.3) is 5.65 Å². The zero-order valence-corrected chi connectivity index (χ0v) is 14.2. The number of pyridine rings is 1. The minimum absolute atomic E-state index is 0.124. The SMILES string of the molecule is CSCCC(C)N(C)c1nc2ccccn2c1CC(C)N. The Hall–Kier alpha value is -1.20. The van der Waals surface area contributed by atoms with E-state index >= 15 is 0 Å². The molecule has 5 heteroatoms. The lowest BCUT2D eigenvalue weighted by molar-refractivity contribution is 0.652. The number of hydrogen-bond donors (Lipinski definition) is 1. The summed E-state index contributed by atoms with van der Waals surface area (Å²) in [6.07, 6.45) is 6.21. The van der Waals surface area contributed by atoms with Crippen molar-refractivity contribution in [3.63, 3.8) is 0 Å². The Morgan fingerprint density at radius 1 is 1.38 bits per heavy atom. The molecule has 2 heterocycles. The fraction of sp³-hybridized carbons (Fsp3) is 0.562. The van der Waals surface area contributed by atoms with Gasteiger partial charge >= 0.3 is 0 Å². The van der Waals surface area contributed by atoms with Gasteiger partial charge in [0.1, 0.15) is 5.65 Å². The first-order valence-corrected chi connectivity index (χ1v) is 8.87. The largest absolute Gasteiger partial charge is 0.355 e. The van der Waals surface area contributed by atoms with E-state index in [-0.39, 0.29) is 6.04 Å². The number of anilines is 1. The molecule has 0 aliphatic rings. The third-order valence-electron chi connectivity index (χ3n) is 3.86. The number of nitrogens with zero attached hydrogens (tertiary/aromatic N) is 3. The van der Waals surface area contributed by atoms with Crippen LogP contribution in [0.15, 0.2) is 24.4 Å². The summed E-state index contributed by atoms with van der Waals surface area (Å²) in [5.41, 5.74) is 8.24. The molecule has 21 heavy (non-hydrogen) atoms. The Balaban J connectivity index is 2.37. The number of rotatable bonds is 7. The maximum absolute atomic E-state index is 6.04. The average Bonchev–Trinajstić information content (AvgIpc) is 2.82. The lowest BCUT2D eigenvalue weighted by atomic mass is 10.1. The van der Waals surface area contributed by atoms with Crippen molar-refractivity contribution in [1.29, 1.82) is 0 Å². The normalized spacial score (nSPS) is 14.3. The van der Waals surface area contributed by atoms with Crippen LogP contribution in [0.2, 0.25) is 0 Å². The third-order valence-corrected chi connectivity index (χ3v) is 4.50. The zero-order valence-electron chi connectivity index (χ0n) is 13.4. The second kappa shape index (κ2) is 7.18. The highest BCUT2D eigenvalue weighted by atomic mass is 32.2. The van der Waals surface area contributed by atoms with E-state index in [4.69, 9.17) is 10.7 Å². The lowest BCUT2D eigenvalue weighted by Crippen LogP contribution is -2.31. The van der Waals surface area contributed by atoms with Crippen molar-refractivity contribution in [2.75, 3.05) is 24.0 Å². The van der Waals surface area contributed by atoms with Crippen molar-refractivity contribution < 1.29 is 0 Å². The van der Waals surface area contributed by atoms with Crippen molar-refractivity contribution in [3.05, 3.63) is 30.1 Å². The molecule has 0 saturated heterocycles. The topological polar surface area (TPSA) is 46.6 Å². The fourth-order valence-electron chi connectivity index (χ4n) is 2.50. The molecule has 2 atom stereocenters. The van der Waals surface area contributed by atoms with Gasteiger partial charge in [-0.1, -0.05) is 6.07 Å². The second-order valence-corrected chi connectivity index (χ2v) is 6.72. The molecule has 0 bridgehead atoms. The van der Waals surface area contributed by atoms with Crippen LogP contribution in [0, 0.1) is 0 Å². The summed E-state index contributed by atoms with van der Waals surface area (Å²) in [5, 5.41) is 0. The van der Waals surface area contributed by atoms with Crippen LogP contribution in [-0.4, -0.2) is 40.5 Å². The van der Waals surface area contributed by atoms with E-state index in [9.17, 15) is 0 Å². The molecular formula is C16H26N4S. The highest BCUT2D eigenvalue weighted by Crippen LogP contribution is 2.24. The van der Waals surface area contributed by atoms with Gasteiger partial charge in [-0.2, -0.15) is 11.8 Å². The summed E-state index contributed by atoms with van der Waals surface area (Å²) in [7, 11) is 2.14. The van der Waals surface area contributed by atoms with Crippen molar-refractivity contribution in [1.82, 2.24) is 9.38 Å². The van der Waals surface area contributed by atoms with Crippen LogP contribution >= 0.6 is 11.8 Å². The number of imidazole rings is 1. The summed E-state index contributed by atoms with van der Waals surface area (Å²) in [6.45, 7) is 4.30. The molecule has 0 radical (unpaired) electrons. The minimum atomic E-state index is 0.124. The molecule has 116 valence electrons. The molecule has 2 rings (SSSR count). The Bertz CT molecular complexity index is 579. The molecule has 0 aliphatic carbocycles. The van der Waals surface area contributed by atoms with Crippen molar-refractivity contribution in [2.24, 2.45) is 5.73 Å². The van der Waals surface area contributed by atoms with E-state index in [1.165, 1.54) is 11.4 Å². The summed E-state index contributed by atoms with van der Waals surface area (Å²) in [6, 6.07) is 6.71. The number of nitrogens with two attached hydrogens (primary N) is 1. The molecule has 2 aromatic heterocycles. The average molecular weight is 306 g/mol. The van der Waals surface area contributed by atoms with Crippen molar-refractivity contribution in [3.8, 4) is 0 Å². The Kier molecular flexibility index (Phi) is 5.53. The first-order chi connectivity index (χ1) is 10.0. The van der Waals surface area contributed by atoms with E-state index in [1.807, 2.05) is 30.8 Å². The van der Waals surface area contributed by atoms with Gasteiger partial charge in [0.2, 0.25) is 0 Å². The predicted molar refractivity (Wildman–Crippen MR) is 93.4 cm³/mol. The number of fused-ring (bicyclic) bond motifs is 1. The molecule has 2 N–H and O–H groups in total.